The number of aromatic nitrogens is 1. The number of hydrogen-bond acceptors (Lipinski definition) is 1. The molecule has 0 N–H and O–H groups in total. The van der Waals surface area contributed by atoms with Crippen LogP contribution < -0.4 is 0 Å². The summed E-state index contributed by atoms with van der Waals surface area (Å²) in [7, 11) is 0. The standard InChI is InChI=1S/C23H20FNO/c1-23(2)12-20-16(21(26)13-23)11-19-22(14-7-3-5-9-17(14)24)15-8-4-6-10-18(15)25(19)20/h3-11,22H,12-13H2,1-2H3. The molecule has 0 saturated carbocycles. The molecule has 2 nitrogen and oxygen atoms in total. The topological polar surface area (TPSA) is 22.0 Å². The van der Waals surface area contributed by atoms with Crippen molar-refractivity contribution in [1.29, 1.82) is 0 Å². The molecule has 2 aliphatic rings. The highest BCUT2D eigenvalue weighted by Gasteiger charge is 2.40. The fourth-order valence-corrected chi connectivity index (χ4v) is 4.66. The number of ketones is 1. The molecule has 1 aliphatic heterocycles. The fraction of sp³-hybridized carbons (Fsp3) is 0.261. The van der Waals surface area contributed by atoms with Crippen molar-refractivity contribution in [2.45, 2.75) is 32.6 Å². The van der Waals surface area contributed by atoms with E-state index in [2.05, 4.69) is 30.5 Å². The van der Waals surface area contributed by atoms with Crippen LogP contribution in [-0.2, 0) is 6.42 Å². The molecule has 130 valence electrons. The monoisotopic (exact) mass is 345 g/mol. The lowest BCUT2D eigenvalue weighted by atomic mass is 9.76. The predicted molar refractivity (Wildman–Crippen MR) is 99.5 cm³/mol. The molecule has 3 heteroatoms. The number of Topliss-reactive ketones (excluding diaryl/α,β-unsaturated/α-hetero) is 1. The Morgan fingerprint density at radius 1 is 1.00 bits per heavy atom. The largest absolute Gasteiger partial charge is 0.316 e. The number of para-hydroxylation sites is 1. The molecule has 1 aliphatic carbocycles. The molecule has 1 atom stereocenters. The van der Waals surface area contributed by atoms with Gasteiger partial charge in [-0.1, -0.05) is 50.2 Å². The van der Waals surface area contributed by atoms with E-state index >= 15 is 0 Å². The third-order valence-electron chi connectivity index (χ3n) is 5.72. The summed E-state index contributed by atoms with van der Waals surface area (Å²) in [4.78, 5) is 12.7. The summed E-state index contributed by atoms with van der Waals surface area (Å²) in [6.07, 6.45) is 1.42. The highest BCUT2D eigenvalue weighted by molar-refractivity contribution is 5.99. The van der Waals surface area contributed by atoms with Crippen LogP contribution in [-0.4, -0.2) is 10.4 Å². The normalized spacial score (nSPS) is 19.8. The quantitative estimate of drug-likeness (QED) is 0.461. The molecule has 1 unspecified atom stereocenters. The second kappa shape index (κ2) is 5.16. The minimum Gasteiger partial charge on any atom is -0.316 e. The summed E-state index contributed by atoms with van der Waals surface area (Å²) in [5.41, 5.74) is 5.69. The van der Waals surface area contributed by atoms with E-state index in [9.17, 15) is 9.18 Å². The zero-order valence-corrected chi connectivity index (χ0v) is 14.9. The van der Waals surface area contributed by atoms with Crippen LogP contribution in [0.1, 0.15) is 59.1 Å². The van der Waals surface area contributed by atoms with Crippen LogP contribution in [0.15, 0.2) is 54.6 Å². The van der Waals surface area contributed by atoms with Gasteiger partial charge >= 0.3 is 0 Å². The number of carbonyl (C=O) groups excluding carboxylic acids is 1. The van der Waals surface area contributed by atoms with Crippen molar-refractivity contribution >= 4 is 5.78 Å². The van der Waals surface area contributed by atoms with Gasteiger partial charge < -0.3 is 4.57 Å². The summed E-state index contributed by atoms with van der Waals surface area (Å²) in [6, 6.07) is 17.1. The number of rotatable bonds is 1. The van der Waals surface area contributed by atoms with Gasteiger partial charge in [-0.05, 0) is 35.6 Å². The number of carbonyl (C=O) groups is 1. The number of benzene rings is 2. The van der Waals surface area contributed by atoms with E-state index in [1.54, 1.807) is 6.07 Å². The van der Waals surface area contributed by atoms with Crippen LogP contribution in [0.25, 0.3) is 5.69 Å². The average Bonchev–Trinajstić information content (AvgIpc) is 3.10. The molecule has 0 spiro atoms. The molecule has 0 amide bonds. The Hall–Kier alpha value is -2.68. The van der Waals surface area contributed by atoms with Crippen molar-refractivity contribution in [3.05, 3.63) is 88.5 Å². The van der Waals surface area contributed by atoms with Gasteiger partial charge in [-0.3, -0.25) is 4.79 Å². The van der Waals surface area contributed by atoms with Gasteiger partial charge in [0.1, 0.15) is 5.82 Å². The Morgan fingerprint density at radius 2 is 1.69 bits per heavy atom. The molecular weight excluding hydrogens is 325 g/mol. The molecule has 2 aromatic carbocycles. The fourth-order valence-electron chi connectivity index (χ4n) is 4.66. The van der Waals surface area contributed by atoms with Gasteiger partial charge in [0.15, 0.2) is 5.78 Å². The first-order chi connectivity index (χ1) is 12.5. The third kappa shape index (κ3) is 2.06. The number of fused-ring (bicyclic) bond motifs is 5. The molecule has 0 saturated heterocycles. The maximum absolute atomic E-state index is 14.6. The first-order valence-electron chi connectivity index (χ1n) is 9.08. The van der Waals surface area contributed by atoms with Crippen molar-refractivity contribution in [3.8, 4) is 5.69 Å². The predicted octanol–water partition coefficient (Wildman–Crippen LogP) is 5.27. The Bertz CT molecular complexity index is 1060. The van der Waals surface area contributed by atoms with Gasteiger partial charge in [0.25, 0.3) is 0 Å². The summed E-state index contributed by atoms with van der Waals surface area (Å²) in [5, 5.41) is 0. The van der Waals surface area contributed by atoms with Crippen LogP contribution in [0.5, 0.6) is 0 Å². The van der Waals surface area contributed by atoms with Crippen molar-refractivity contribution in [2.75, 3.05) is 0 Å². The van der Waals surface area contributed by atoms with Gasteiger partial charge in [0, 0.05) is 34.6 Å². The van der Waals surface area contributed by atoms with E-state index in [-0.39, 0.29) is 22.9 Å². The highest BCUT2D eigenvalue weighted by atomic mass is 19.1. The SMILES string of the molecule is CC1(C)CC(=O)c2cc3n(c2C1)-c1ccccc1C3c1ccccc1F. The molecule has 1 aromatic heterocycles. The molecule has 3 aromatic rings. The summed E-state index contributed by atoms with van der Waals surface area (Å²) >= 11 is 0. The number of hydrogen-bond donors (Lipinski definition) is 0. The van der Waals surface area contributed by atoms with Gasteiger partial charge in [-0.15, -0.1) is 0 Å². The smallest absolute Gasteiger partial charge is 0.165 e. The molecule has 0 fully saturated rings. The molecule has 2 heterocycles. The van der Waals surface area contributed by atoms with Crippen molar-refractivity contribution < 1.29 is 9.18 Å². The van der Waals surface area contributed by atoms with E-state index in [0.29, 0.717) is 12.0 Å². The molecule has 26 heavy (non-hydrogen) atoms. The van der Waals surface area contributed by atoms with E-state index < -0.39 is 0 Å². The lowest BCUT2D eigenvalue weighted by Gasteiger charge is -2.29. The molecule has 5 rings (SSSR count). The second-order valence-electron chi connectivity index (χ2n) is 8.22. The van der Waals surface area contributed by atoms with Crippen LogP contribution in [0, 0.1) is 11.2 Å². The minimum atomic E-state index is -0.202. The van der Waals surface area contributed by atoms with E-state index in [4.69, 9.17) is 0 Å². The van der Waals surface area contributed by atoms with E-state index in [0.717, 1.165) is 34.6 Å². The molecular formula is C23H20FNO. The Morgan fingerprint density at radius 3 is 2.46 bits per heavy atom. The first-order valence-corrected chi connectivity index (χ1v) is 9.08. The lowest BCUT2D eigenvalue weighted by molar-refractivity contribution is 0.0911. The average molecular weight is 345 g/mol. The van der Waals surface area contributed by atoms with Gasteiger partial charge in [-0.25, -0.2) is 4.39 Å². The number of halogens is 1. The maximum Gasteiger partial charge on any atom is 0.165 e. The molecule has 0 radical (unpaired) electrons. The zero-order chi connectivity index (χ0) is 18.1. The molecule has 0 bridgehead atoms. The third-order valence-corrected chi connectivity index (χ3v) is 5.72. The highest BCUT2D eigenvalue weighted by Crippen LogP contribution is 2.48. The summed E-state index contributed by atoms with van der Waals surface area (Å²) < 4.78 is 16.8. The lowest BCUT2D eigenvalue weighted by Crippen LogP contribution is -2.27. The van der Waals surface area contributed by atoms with Gasteiger partial charge in [0.2, 0.25) is 0 Å². The maximum atomic E-state index is 14.6. The van der Waals surface area contributed by atoms with Crippen molar-refractivity contribution in [3.63, 3.8) is 0 Å². The van der Waals surface area contributed by atoms with Crippen molar-refractivity contribution in [2.24, 2.45) is 5.41 Å². The van der Waals surface area contributed by atoms with Gasteiger partial charge in [0.05, 0.1) is 5.92 Å². The summed E-state index contributed by atoms with van der Waals surface area (Å²) in [6.45, 7) is 4.28. The number of nitrogens with zero attached hydrogens (tertiary/aromatic N) is 1. The van der Waals surface area contributed by atoms with E-state index in [1.807, 2.05) is 30.3 Å². The summed E-state index contributed by atoms with van der Waals surface area (Å²) in [5.74, 6) is -0.177. The van der Waals surface area contributed by atoms with E-state index in [1.165, 1.54) is 6.07 Å². The first kappa shape index (κ1) is 15.6. The van der Waals surface area contributed by atoms with Crippen LogP contribution in [0.4, 0.5) is 4.39 Å². The minimum absolute atomic E-state index is 0.0514. The van der Waals surface area contributed by atoms with Crippen LogP contribution >= 0.6 is 0 Å². The van der Waals surface area contributed by atoms with Crippen LogP contribution in [0.3, 0.4) is 0 Å². The Balaban J connectivity index is 1.81. The van der Waals surface area contributed by atoms with Gasteiger partial charge in [-0.2, -0.15) is 0 Å². The second-order valence-corrected chi connectivity index (χ2v) is 8.22. The Labute approximate surface area is 152 Å². The van der Waals surface area contributed by atoms with Crippen LogP contribution in [0.2, 0.25) is 0 Å². The Kier molecular flexibility index (Phi) is 3.09. The zero-order valence-electron chi connectivity index (χ0n) is 14.9. The van der Waals surface area contributed by atoms with Crippen molar-refractivity contribution in [1.82, 2.24) is 4.57 Å².